The van der Waals surface area contributed by atoms with Crippen LogP contribution in [-0.4, -0.2) is 22.3 Å². The highest BCUT2D eigenvalue weighted by Gasteiger charge is 2.34. The normalized spacial score (nSPS) is 15.5. The Morgan fingerprint density at radius 3 is 2.71 bits per heavy atom. The molecule has 2 heterocycles. The molecule has 1 aliphatic carbocycles. The SMILES string of the molecule is Cc1cc(-c2c(C(=O)O)c(=O)c3cccc(OC(F)F)c3n2C2CC2)cc2c1CNC2. The van der Waals surface area contributed by atoms with E-state index >= 15 is 0 Å². The molecule has 2 aromatic carbocycles. The Kier molecular flexibility index (Phi) is 4.55. The third kappa shape index (κ3) is 3.18. The third-order valence-electron chi connectivity index (χ3n) is 5.99. The van der Waals surface area contributed by atoms with E-state index in [2.05, 4.69) is 5.32 Å². The first-order chi connectivity index (χ1) is 14.9. The highest BCUT2D eigenvalue weighted by molar-refractivity contribution is 6.01. The van der Waals surface area contributed by atoms with E-state index < -0.39 is 18.0 Å². The lowest BCUT2D eigenvalue weighted by atomic mass is 9.95. The fraction of sp³-hybridized carbons (Fsp3) is 0.304. The molecule has 2 aliphatic rings. The van der Waals surface area contributed by atoms with Crippen LogP contribution in [0.1, 0.15) is 45.9 Å². The van der Waals surface area contributed by atoms with Crippen molar-refractivity contribution in [3.63, 3.8) is 0 Å². The zero-order chi connectivity index (χ0) is 21.9. The Hall–Kier alpha value is -3.26. The predicted molar refractivity (Wildman–Crippen MR) is 111 cm³/mol. The molecule has 31 heavy (non-hydrogen) atoms. The average Bonchev–Trinajstić information content (AvgIpc) is 3.43. The number of alkyl halides is 2. The highest BCUT2D eigenvalue weighted by atomic mass is 19.3. The molecule has 1 saturated carbocycles. The van der Waals surface area contributed by atoms with Crippen LogP contribution in [0.15, 0.2) is 35.1 Å². The quantitative estimate of drug-likeness (QED) is 0.639. The number of halogens is 2. The summed E-state index contributed by atoms with van der Waals surface area (Å²) >= 11 is 0. The van der Waals surface area contributed by atoms with Crippen LogP contribution in [0.25, 0.3) is 22.2 Å². The molecule has 1 aromatic heterocycles. The summed E-state index contributed by atoms with van der Waals surface area (Å²) < 4.78 is 32.7. The number of nitrogens with zero attached hydrogens (tertiary/aromatic N) is 1. The molecule has 1 aliphatic heterocycles. The Labute approximate surface area is 176 Å². The van der Waals surface area contributed by atoms with Gasteiger partial charge in [0.25, 0.3) is 0 Å². The van der Waals surface area contributed by atoms with E-state index in [4.69, 9.17) is 4.74 Å². The number of aromatic nitrogens is 1. The van der Waals surface area contributed by atoms with Crippen molar-refractivity contribution < 1.29 is 23.4 Å². The maximum atomic E-state index is 13.3. The number of aromatic carboxylic acids is 1. The lowest BCUT2D eigenvalue weighted by molar-refractivity contribution is -0.0490. The zero-order valence-electron chi connectivity index (χ0n) is 16.7. The maximum Gasteiger partial charge on any atom is 0.387 e. The Morgan fingerprint density at radius 1 is 1.26 bits per heavy atom. The van der Waals surface area contributed by atoms with Crippen LogP contribution in [0, 0.1) is 6.92 Å². The Balaban J connectivity index is 1.93. The van der Waals surface area contributed by atoms with E-state index in [0.29, 0.717) is 12.1 Å². The molecule has 2 N–H and O–H groups in total. The van der Waals surface area contributed by atoms with Crippen molar-refractivity contribution in [2.45, 2.75) is 45.5 Å². The second-order valence-electron chi connectivity index (χ2n) is 8.02. The van der Waals surface area contributed by atoms with Crippen molar-refractivity contribution in [1.82, 2.24) is 9.88 Å². The van der Waals surface area contributed by atoms with E-state index in [0.717, 1.165) is 36.1 Å². The topological polar surface area (TPSA) is 80.6 Å². The minimum atomic E-state index is -3.07. The number of carbonyl (C=O) groups is 1. The van der Waals surface area contributed by atoms with Gasteiger partial charge in [0, 0.05) is 19.1 Å². The van der Waals surface area contributed by atoms with Crippen molar-refractivity contribution in [3.8, 4) is 17.0 Å². The summed E-state index contributed by atoms with van der Waals surface area (Å²) in [5.41, 5.74) is 3.18. The lowest BCUT2D eigenvalue weighted by Gasteiger charge is -2.22. The van der Waals surface area contributed by atoms with Crippen molar-refractivity contribution in [2.75, 3.05) is 0 Å². The number of carboxylic acids is 1. The summed E-state index contributed by atoms with van der Waals surface area (Å²) in [6, 6.07) is 7.94. The van der Waals surface area contributed by atoms with Crippen LogP contribution in [0.4, 0.5) is 8.78 Å². The zero-order valence-corrected chi connectivity index (χ0v) is 16.7. The number of rotatable bonds is 5. The number of benzene rings is 2. The fourth-order valence-corrected chi connectivity index (χ4v) is 4.56. The molecular weight excluding hydrogens is 406 g/mol. The van der Waals surface area contributed by atoms with Crippen molar-refractivity contribution >= 4 is 16.9 Å². The van der Waals surface area contributed by atoms with Crippen LogP contribution in [0.5, 0.6) is 5.75 Å². The largest absolute Gasteiger partial charge is 0.477 e. The van der Waals surface area contributed by atoms with Gasteiger partial charge >= 0.3 is 12.6 Å². The van der Waals surface area contributed by atoms with Gasteiger partial charge in [0.2, 0.25) is 5.43 Å². The molecule has 0 saturated heterocycles. The molecule has 0 amide bonds. The first-order valence-corrected chi connectivity index (χ1v) is 10.1. The second-order valence-corrected chi connectivity index (χ2v) is 8.02. The second kappa shape index (κ2) is 7.16. The molecule has 3 aromatic rings. The Bertz CT molecular complexity index is 1300. The highest BCUT2D eigenvalue weighted by Crippen LogP contribution is 2.44. The number of hydrogen-bond donors (Lipinski definition) is 2. The predicted octanol–water partition coefficient (Wildman–Crippen LogP) is 4.21. The van der Waals surface area contributed by atoms with E-state index in [9.17, 15) is 23.5 Å². The molecule has 8 heteroatoms. The van der Waals surface area contributed by atoms with Gasteiger partial charge in [-0.2, -0.15) is 8.78 Å². The lowest BCUT2D eigenvalue weighted by Crippen LogP contribution is -2.23. The molecule has 5 rings (SSSR count). The molecule has 6 nitrogen and oxygen atoms in total. The first kappa shape index (κ1) is 19.7. The fourth-order valence-electron chi connectivity index (χ4n) is 4.56. The van der Waals surface area contributed by atoms with E-state index in [-0.39, 0.29) is 34.0 Å². The maximum absolute atomic E-state index is 13.3. The molecule has 0 bridgehead atoms. The van der Waals surface area contributed by atoms with Crippen molar-refractivity contribution in [2.24, 2.45) is 0 Å². The van der Waals surface area contributed by atoms with Crippen LogP contribution < -0.4 is 15.5 Å². The number of nitrogens with one attached hydrogen (secondary N) is 1. The van der Waals surface area contributed by atoms with Gasteiger partial charge < -0.3 is 19.7 Å². The van der Waals surface area contributed by atoms with Crippen LogP contribution in [0.2, 0.25) is 0 Å². The van der Waals surface area contributed by atoms with Crippen LogP contribution in [0.3, 0.4) is 0 Å². The number of para-hydroxylation sites is 1. The minimum absolute atomic E-state index is 0.0609. The summed E-state index contributed by atoms with van der Waals surface area (Å²) in [5.74, 6) is -1.47. The summed E-state index contributed by atoms with van der Waals surface area (Å²) in [4.78, 5) is 25.5. The summed E-state index contributed by atoms with van der Waals surface area (Å²) in [6.45, 7) is 0.256. The third-order valence-corrected chi connectivity index (χ3v) is 5.99. The van der Waals surface area contributed by atoms with Gasteiger partial charge in [-0.1, -0.05) is 6.07 Å². The number of pyridine rings is 1. The molecular formula is C23H20F2N2O4. The number of carboxylic acid groups (broad SMARTS) is 1. The van der Waals surface area contributed by atoms with Gasteiger partial charge in [0.15, 0.2) is 5.75 Å². The standard InChI is InChI=1S/C23H20F2N2O4/c1-11-7-12(8-13-9-26-10-16(11)13)19-18(22(29)30)21(28)15-3-2-4-17(31-23(24)25)20(15)27(19)14-5-6-14/h2-4,7-8,14,23,26H,5-6,9-10H2,1H3,(H,29,30). The summed E-state index contributed by atoms with van der Waals surface area (Å²) in [7, 11) is 0. The van der Waals surface area contributed by atoms with Gasteiger partial charge in [0.05, 0.1) is 16.6 Å². The molecule has 1 fully saturated rings. The molecule has 0 radical (unpaired) electrons. The van der Waals surface area contributed by atoms with Gasteiger partial charge in [-0.15, -0.1) is 0 Å². The smallest absolute Gasteiger partial charge is 0.387 e. The van der Waals surface area contributed by atoms with E-state index in [1.165, 1.54) is 18.2 Å². The van der Waals surface area contributed by atoms with Crippen LogP contribution in [-0.2, 0) is 13.1 Å². The van der Waals surface area contributed by atoms with Gasteiger partial charge in [-0.25, -0.2) is 4.79 Å². The van der Waals surface area contributed by atoms with Crippen molar-refractivity contribution in [1.29, 1.82) is 0 Å². The summed E-state index contributed by atoms with van der Waals surface area (Å²) in [6.07, 6.45) is 1.52. The number of aryl methyl sites for hydroxylation is 1. The van der Waals surface area contributed by atoms with Crippen LogP contribution >= 0.6 is 0 Å². The van der Waals surface area contributed by atoms with Gasteiger partial charge in [-0.05, 0) is 66.3 Å². The molecule has 160 valence electrons. The number of fused-ring (bicyclic) bond motifs is 2. The number of ether oxygens (including phenoxy) is 1. The van der Waals surface area contributed by atoms with E-state index in [1.54, 1.807) is 4.57 Å². The average molecular weight is 426 g/mol. The molecule has 0 atom stereocenters. The van der Waals surface area contributed by atoms with Gasteiger partial charge in [-0.3, -0.25) is 4.79 Å². The molecule has 0 unspecified atom stereocenters. The monoisotopic (exact) mass is 426 g/mol. The first-order valence-electron chi connectivity index (χ1n) is 10.1. The Morgan fingerprint density at radius 2 is 2.03 bits per heavy atom. The summed E-state index contributed by atoms with van der Waals surface area (Å²) in [5, 5.41) is 13.3. The van der Waals surface area contributed by atoms with Crippen molar-refractivity contribution in [3.05, 3.63) is 62.8 Å². The van der Waals surface area contributed by atoms with E-state index in [1.807, 2.05) is 19.1 Å². The number of hydrogen-bond acceptors (Lipinski definition) is 4. The van der Waals surface area contributed by atoms with Gasteiger partial charge in [0.1, 0.15) is 5.56 Å². The molecule has 0 spiro atoms. The minimum Gasteiger partial charge on any atom is -0.477 e.